The molecule has 1 aliphatic heterocycles. The summed E-state index contributed by atoms with van der Waals surface area (Å²) in [5.74, 6) is 0.676. The van der Waals surface area contributed by atoms with Crippen molar-refractivity contribution in [2.45, 2.75) is 38.2 Å². The van der Waals surface area contributed by atoms with Crippen LogP contribution >= 0.6 is 0 Å². The third-order valence-electron chi connectivity index (χ3n) is 8.08. The van der Waals surface area contributed by atoms with Gasteiger partial charge >= 0.3 is 6.03 Å². The lowest BCUT2D eigenvalue weighted by molar-refractivity contribution is 0.0282. The molecule has 1 aliphatic rings. The highest BCUT2D eigenvalue weighted by atomic mass is 16.5. The first-order valence-corrected chi connectivity index (χ1v) is 15.1. The van der Waals surface area contributed by atoms with Gasteiger partial charge < -0.3 is 30.3 Å². The number of rotatable bonds is 10. The molecule has 0 atom stereocenters. The topological polar surface area (TPSA) is 112 Å². The van der Waals surface area contributed by atoms with Gasteiger partial charge in [-0.25, -0.2) is 9.78 Å². The van der Waals surface area contributed by atoms with Crippen molar-refractivity contribution in [3.63, 3.8) is 0 Å². The largest absolute Gasteiger partial charge is 0.389 e. The number of pyridine rings is 1. The van der Waals surface area contributed by atoms with Gasteiger partial charge in [0.25, 0.3) is 5.91 Å². The maximum absolute atomic E-state index is 13.2. The van der Waals surface area contributed by atoms with E-state index in [-0.39, 0.29) is 11.9 Å². The first-order chi connectivity index (χ1) is 21.1. The van der Waals surface area contributed by atoms with Crippen molar-refractivity contribution in [3.8, 4) is 0 Å². The molecule has 0 spiro atoms. The van der Waals surface area contributed by atoms with E-state index in [2.05, 4.69) is 37.6 Å². The Kier molecular flexibility index (Phi) is 9.63. The third-order valence-corrected chi connectivity index (χ3v) is 8.08. The number of hydrogen-bond acceptors (Lipinski definition) is 7. The quantitative estimate of drug-likeness (QED) is 0.230. The summed E-state index contributed by atoms with van der Waals surface area (Å²) in [5, 5.41) is 16.7. The Morgan fingerprint density at radius 1 is 1.05 bits per heavy atom. The number of nitrogens with one attached hydrogen (secondary N) is 2. The van der Waals surface area contributed by atoms with Crippen LogP contribution in [0.1, 0.15) is 48.5 Å². The number of ether oxygens (including phenoxy) is 1. The highest BCUT2D eigenvalue weighted by Crippen LogP contribution is 2.31. The van der Waals surface area contributed by atoms with E-state index in [1.54, 1.807) is 31.1 Å². The Hall–Kier alpha value is -4.25. The fourth-order valence-electron chi connectivity index (χ4n) is 5.91. The summed E-state index contributed by atoms with van der Waals surface area (Å²) in [7, 11) is 3.27. The monoisotopic (exact) mass is 598 g/mol. The van der Waals surface area contributed by atoms with Crippen molar-refractivity contribution in [2.24, 2.45) is 0 Å². The van der Waals surface area contributed by atoms with Gasteiger partial charge in [0.15, 0.2) is 0 Å². The molecule has 10 heteroatoms. The Labute approximate surface area is 258 Å². The molecule has 232 valence electrons. The number of likely N-dealkylation sites (tertiary alicyclic amines) is 1. The number of β-amino-alcohol motifs (C(OH)–C–C–N with tert-alkyl or cyclic N) is 1. The van der Waals surface area contributed by atoms with Gasteiger partial charge in [0.05, 0.1) is 17.7 Å². The molecule has 2 amide bonds. The number of carbonyl (C=O) groups excluding carboxylic acids is 2. The molecule has 0 aliphatic carbocycles. The van der Waals surface area contributed by atoms with E-state index in [9.17, 15) is 14.7 Å². The number of amides is 2. The normalized spacial score (nSPS) is 14.5. The molecule has 0 unspecified atom stereocenters. The number of benzene rings is 2. The number of piperidine rings is 1. The Balaban J connectivity index is 1.27. The van der Waals surface area contributed by atoms with E-state index in [4.69, 9.17) is 4.74 Å². The summed E-state index contributed by atoms with van der Waals surface area (Å²) >= 11 is 0. The number of hydrogen-bond donors (Lipinski definition) is 3. The predicted molar refractivity (Wildman–Crippen MR) is 174 cm³/mol. The minimum atomic E-state index is -0.686. The van der Waals surface area contributed by atoms with Crippen molar-refractivity contribution in [1.29, 1.82) is 0 Å². The van der Waals surface area contributed by atoms with Gasteiger partial charge in [-0.1, -0.05) is 12.1 Å². The third kappa shape index (κ3) is 7.45. The van der Waals surface area contributed by atoms with E-state index in [1.807, 2.05) is 62.4 Å². The van der Waals surface area contributed by atoms with Crippen LogP contribution in [-0.2, 0) is 4.74 Å². The van der Waals surface area contributed by atoms with Gasteiger partial charge in [-0.3, -0.25) is 9.36 Å². The fourth-order valence-corrected chi connectivity index (χ4v) is 5.91. The van der Waals surface area contributed by atoms with Crippen LogP contribution in [0.25, 0.3) is 10.9 Å². The van der Waals surface area contributed by atoms with Gasteiger partial charge in [0.2, 0.25) is 0 Å². The van der Waals surface area contributed by atoms with Crippen LogP contribution in [0.3, 0.4) is 0 Å². The van der Waals surface area contributed by atoms with Crippen molar-refractivity contribution < 1.29 is 19.4 Å². The molecule has 2 aromatic carbocycles. The van der Waals surface area contributed by atoms with Crippen LogP contribution < -0.4 is 15.5 Å². The molecule has 3 N–H and O–H groups in total. The number of fused-ring (bicyclic) bond motifs is 1. The Morgan fingerprint density at radius 3 is 2.45 bits per heavy atom. The number of aromatic nitrogens is 2. The van der Waals surface area contributed by atoms with Gasteiger partial charge in [-0.15, -0.1) is 0 Å². The molecule has 4 aromatic rings. The second-order valence-electron chi connectivity index (χ2n) is 12.0. The Bertz CT molecular complexity index is 1590. The molecule has 0 radical (unpaired) electrons. The summed E-state index contributed by atoms with van der Waals surface area (Å²) in [5.41, 5.74) is 3.71. The van der Waals surface area contributed by atoms with Gasteiger partial charge in [0.1, 0.15) is 5.82 Å². The molecular formula is C34H42N6O4. The summed E-state index contributed by atoms with van der Waals surface area (Å²) in [4.78, 5) is 34.2. The van der Waals surface area contributed by atoms with Crippen molar-refractivity contribution in [2.75, 3.05) is 57.2 Å². The summed E-state index contributed by atoms with van der Waals surface area (Å²) in [6.45, 7) is 7.36. The lowest BCUT2D eigenvalue weighted by Crippen LogP contribution is -2.42. The number of nitrogens with zero attached hydrogens (tertiary/aromatic N) is 4. The lowest BCUT2D eigenvalue weighted by Gasteiger charge is -2.35. The van der Waals surface area contributed by atoms with E-state index < -0.39 is 5.60 Å². The van der Waals surface area contributed by atoms with Gasteiger partial charge in [-0.05, 0) is 93.7 Å². The molecule has 5 rings (SSSR count). The average Bonchev–Trinajstić information content (AvgIpc) is 3.44. The molecule has 1 saturated heterocycles. The molecule has 10 nitrogen and oxygen atoms in total. The SMILES string of the molecule is CNC(=O)n1ccc2cc(N(CCOC)c3ccnc(NC(=O)c4ccc(C5CCN(CC(C)(C)O)CC5)cc4)c3)ccc21. The minimum Gasteiger partial charge on any atom is -0.389 e. The first kappa shape index (κ1) is 31.2. The second kappa shape index (κ2) is 13.6. The zero-order valence-electron chi connectivity index (χ0n) is 25.9. The number of anilines is 3. The molecule has 44 heavy (non-hydrogen) atoms. The minimum absolute atomic E-state index is 0.197. The maximum atomic E-state index is 13.2. The van der Waals surface area contributed by atoms with Gasteiger partial charge in [0, 0.05) is 68.0 Å². The van der Waals surface area contributed by atoms with Crippen molar-refractivity contribution in [1.82, 2.24) is 19.8 Å². The maximum Gasteiger partial charge on any atom is 0.325 e. The lowest BCUT2D eigenvalue weighted by atomic mass is 9.88. The summed E-state index contributed by atoms with van der Waals surface area (Å²) < 4.78 is 6.96. The van der Waals surface area contributed by atoms with Crippen LogP contribution in [0.15, 0.2) is 73.1 Å². The van der Waals surface area contributed by atoms with Crippen LogP contribution in [0.2, 0.25) is 0 Å². The molecular weight excluding hydrogens is 556 g/mol. The van der Waals surface area contributed by atoms with E-state index in [1.165, 1.54) is 5.56 Å². The molecule has 1 fully saturated rings. The van der Waals surface area contributed by atoms with Gasteiger partial charge in [-0.2, -0.15) is 0 Å². The van der Waals surface area contributed by atoms with Crippen LogP contribution in [0.5, 0.6) is 0 Å². The second-order valence-corrected chi connectivity index (χ2v) is 12.0. The predicted octanol–water partition coefficient (Wildman–Crippen LogP) is 5.21. The van der Waals surface area contributed by atoms with E-state index in [0.29, 0.717) is 37.0 Å². The molecule has 0 saturated carbocycles. The standard InChI is InChI=1S/C34H42N6O4/c1-34(2,43)23-38-16-12-25(13-17-38)24-5-7-26(8-6-24)32(41)37-31-22-29(11-15-36-31)39(19-20-44-4)28-9-10-30-27(21-28)14-18-40(30)33(42)35-3/h5-11,14-15,18,21-22,25,43H,12-13,16-17,19-20,23H2,1-4H3,(H,35,42)(H,36,37,41). The summed E-state index contributed by atoms with van der Waals surface area (Å²) in [6, 6.07) is 19.2. The summed E-state index contributed by atoms with van der Waals surface area (Å²) in [6.07, 6.45) is 5.50. The molecule has 3 heterocycles. The molecule has 0 bridgehead atoms. The van der Waals surface area contributed by atoms with Crippen LogP contribution in [0.4, 0.5) is 22.0 Å². The number of carbonyl (C=O) groups is 2. The van der Waals surface area contributed by atoms with Crippen LogP contribution in [-0.4, -0.2) is 84.0 Å². The van der Waals surface area contributed by atoms with Crippen LogP contribution in [0, 0.1) is 0 Å². The zero-order chi connectivity index (χ0) is 31.3. The Morgan fingerprint density at radius 2 is 1.77 bits per heavy atom. The number of aliphatic hydroxyl groups is 1. The van der Waals surface area contributed by atoms with E-state index in [0.717, 1.165) is 48.2 Å². The number of methoxy groups -OCH3 is 1. The molecule has 2 aromatic heterocycles. The highest BCUT2D eigenvalue weighted by molar-refractivity contribution is 6.04. The van der Waals surface area contributed by atoms with E-state index >= 15 is 0 Å². The van der Waals surface area contributed by atoms with Crippen molar-refractivity contribution >= 4 is 40.0 Å². The smallest absolute Gasteiger partial charge is 0.325 e. The average molecular weight is 599 g/mol. The fraction of sp³-hybridized carbons (Fsp3) is 0.382. The highest BCUT2D eigenvalue weighted by Gasteiger charge is 2.25. The zero-order valence-corrected chi connectivity index (χ0v) is 25.9. The first-order valence-electron chi connectivity index (χ1n) is 15.1. The van der Waals surface area contributed by atoms with Crippen molar-refractivity contribution in [3.05, 3.63) is 84.2 Å².